The summed E-state index contributed by atoms with van der Waals surface area (Å²) in [5, 5.41) is 7.70. The lowest BCUT2D eigenvalue weighted by atomic mass is 10.0. The Balaban J connectivity index is 2.27. The van der Waals surface area contributed by atoms with Gasteiger partial charge in [-0.05, 0) is 16.3 Å². The average molecular weight is 214 g/mol. The molecule has 0 radical (unpaired) electrons. The van der Waals surface area contributed by atoms with E-state index in [1.165, 1.54) is 10.8 Å². The second kappa shape index (κ2) is 4.66. The number of hydrogen-bond donors (Lipinski definition) is 2. The van der Waals surface area contributed by atoms with Gasteiger partial charge in [0.15, 0.2) is 0 Å². The van der Waals surface area contributed by atoms with E-state index in [4.69, 9.17) is 0 Å². The van der Waals surface area contributed by atoms with Gasteiger partial charge in [-0.3, -0.25) is 0 Å². The molecule has 0 fully saturated rings. The lowest BCUT2D eigenvalue weighted by Crippen LogP contribution is -2.32. The normalized spacial score (nSPS) is 10.1. The first-order valence-corrected chi connectivity index (χ1v) is 5.23. The monoisotopic (exact) mass is 214 g/mol. The first-order chi connectivity index (χ1) is 7.81. The van der Waals surface area contributed by atoms with Crippen LogP contribution in [0.2, 0.25) is 0 Å². The summed E-state index contributed by atoms with van der Waals surface area (Å²) in [5.41, 5.74) is 1.13. The van der Waals surface area contributed by atoms with Gasteiger partial charge in [0.1, 0.15) is 0 Å². The van der Waals surface area contributed by atoms with Crippen LogP contribution in [0.4, 0.5) is 4.79 Å². The van der Waals surface area contributed by atoms with E-state index in [0.717, 1.165) is 5.56 Å². The highest BCUT2D eigenvalue weighted by Crippen LogP contribution is 2.17. The molecule has 0 heterocycles. The Hall–Kier alpha value is -2.03. The van der Waals surface area contributed by atoms with Crippen molar-refractivity contribution in [3.63, 3.8) is 0 Å². The third kappa shape index (κ3) is 2.14. The number of nitrogens with one attached hydrogen (secondary N) is 2. The Bertz CT molecular complexity index is 503. The lowest BCUT2D eigenvalue weighted by molar-refractivity contribution is 0.242. The van der Waals surface area contributed by atoms with Gasteiger partial charge in [0.2, 0.25) is 0 Å². The molecule has 3 nitrogen and oxygen atoms in total. The number of amides is 2. The number of urea groups is 1. The topological polar surface area (TPSA) is 41.1 Å². The van der Waals surface area contributed by atoms with Crippen LogP contribution in [0.3, 0.4) is 0 Å². The Kier molecular flexibility index (Phi) is 3.05. The summed E-state index contributed by atoms with van der Waals surface area (Å²) < 4.78 is 0. The van der Waals surface area contributed by atoms with Crippen molar-refractivity contribution in [1.82, 2.24) is 10.6 Å². The molecule has 2 rings (SSSR count). The Morgan fingerprint density at radius 1 is 1.12 bits per heavy atom. The third-order valence-corrected chi connectivity index (χ3v) is 2.55. The molecule has 0 aromatic heterocycles. The molecule has 0 saturated heterocycles. The quantitative estimate of drug-likeness (QED) is 0.791. The van der Waals surface area contributed by atoms with Crippen molar-refractivity contribution in [1.29, 1.82) is 0 Å². The molecule has 0 spiro atoms. The molecule has 2 aromatic carbocycles. The smallest absolute Gasteiger partial charge is 0.314 e. The van der Waals surface area contributed by atoms with Gasteiger partial charge >= 0.3 is 6.03 Å². The summed E-state index contributed by atoms with van der Waals surface area (Å²) in [4.78, 5) is 11.1. The first-order valence-electron chi connectivity index (χ1n) is 5.23. The minimum absolute atomic E-state index is 0.159. The van der Waals surface area contributed by atoms with Crippen molar-refractivity contribution in [3.8, 4) is 0 Å². The molecular formula is C13H14N2O. The predicted octanol–water partition coefficient (Wildman–Crippen LogP) is 2.27. The van der Waals surface area contributed by atoms with E-state index in [1.54, 1.807) is 7.05 Å². The van der Waals surface area contributed by atoms with Crippen LogP contribution in [-0.4, -0.2) is 13.1 Å². The lowest BCUT2D eigenvalue weighted by Gasteiger charge is -2.07. The maximum absolute atomic E-state index is 11.1. The summed E-state index contributed by atoms with van der Waals surface area (Å²) in [6.45, 7) is 0.543. The summed E-state index contributed by atoms with van der Waals surface area (Å²) in [6.07, 6.45) is 0. The fourth-order valence-corrected chi connectivity index (χ4v) is 1.71. The zero-order chi connectivity index (χ0) is 11.4. The van der Waals surface area contributed by atoms with E-state index in [0.29, 0.717) is 6.54 Å². The maximum Gasteiger partial charge on any atom is 0.314 e. The predicted molar refractivity (Wildman–Crippen MR) is 65.2 cm³/mol. The average Bonchev–Trinajstić information content (AvgIpc) is 2.35. The standard InChI is InChI=1S/C13H14N2O/c1-14-13(16)15-9-11-7-4-6-10-5-2-3-8-12(10)11/h2-8H,9H2,1H3,(H2,14,15,16). The van der Waals surface area contributed by atoms with Gasteiger partial charge in [-0.1, -0.05) is 42.5 Å². The van der Waals surface area contributed by atoms with Crippen LogP contribution < -0.4 is 10.6 Å². The number of carbonyl (C=O) groups excluding carboxylic acids is 1. The largest absolute Gasteiger partial charge is 0.341 e. The molecule has 0 saturated carbocycles. The van der Waals surface area contributed by atoms with Crippen LogP contribution in [0.5, 0.6) is 0 Å². The van der Waals surface area contributed by atoms with Gasteiger partial charge in [0.05, 0.1) is 0 Å². The summed E-state index contributed by atoms with van der Waals surface area (Å²) >= 11 is 0. The summed E-state index contributed by atoms with van der Waals surface area (Å²) in [5.74, 6) is 0. The highest BCUT2D eigenvalue weighted by atomic mass is 16.2. The second-order valence-electron chi connectivity index (χ2n) is 3.57. The molecule has 0 aliphatic carbocycles. The number of fused-ring (bicyclic) bond motifs is 1. The second-order valence-corrected chi connectivity index (χ2v) is 3.57. The maximum atomic E-state index is 11.1. The Labute approximate surface area is 94.5 Å². The molecule has 0 aliphatic rings. The molecule has 2 aromatic rings. The van der Waals surface area contributed by atoms with Gasteiger partial charge in [0, 0.05) is 13.6 Å². The number of benzene rings is 2. The molecular weight excluding hydrogens is 200 g/mol. The van der Waals surface area contributed by atoms with Crippen molar-refractivity contribution in [3.05, 3.63) is 48.0 Å². The zero-order valence-corrected chi connectivity index (χ0v) is 9.16. The molecule has 0 unspecified atom stereocenters. The number of carbonyl (C=O) groups is 1. The van der Waals surface area contributed by atoms with Gasteiger partial charge in [-0.2, -0.15) is 0 Å². The van der Waals surface area contributed by atoms with Gasteiger partial charge in [-0.25, -0.2) is 4.79 Å². The number of rotatable bonds is 2. The molecule has 0 atom stereocenters. The van der Waals surface area contributed by atoms with Crippen LogP contribution in [0.15, 0.2) is 42.5 Å². The van der Waals surface area contributed by atoms with Crippen LogP contribution >= 0.6 is 0 Å². The van der Waals surface area contributed by atoms with Gasteiger partial charge < -0.3 is 10.6 Å². The fourth-order valence-electron chi connectivity index (χ4n) is 1.71. The zero-order valence-electron chi connectivity index (χ0n) is 9.16. The van der Waals surface area contributed by atoms with Crippen LogP contribution in [0.25, 0.3) is 10.8 Å². The molecule has 2 N–H and O–H groups in total. The molecule has 0 bridgehead atoms. The van der Waals surface area contributed by atoms with Crippen LogP contribution in [0.1, 0.15) is 5.56 Å². The summed E-state index contributed by atoms with van der Waals surface area (Å²) in [7, 11) is 1.61. The first kappa shape index (κ1) is 10.5. The van der Waals surface area contributed by atoms with Crippen molar-refractivity contribution in [2.75, 3.05) is 7.05 Å². The minimum Gasteiger partial charge on any atom is -0.341 e. The van der Waals surface area contributed by atoms with E-state index in [-0.39, 0.29) is 6.03 Å². The molecule has 16 heavy (non-hydrogen) atoms. The van der Waals surface area contributed by atoms with Gasteiger partial charge in [0.25, 0.3) is 0 Å². The molecule has 82 valence electrons. The molecule has 3 heteroatoms. The van der Waals surface area contributed by atoms with Crippen molar-refractivity contribution in [2.45, 2.75) is 6.54 Å². The Morgan fingerprint density at radius 3 is 2.69 bits per heavy atom. The van der Waals surface area contributed by atoms with Crippen LogP contribution in [-0.2, 0) is 6.54 Å². The molecule has 2 amide bonds. The van der Waals surface area contributed by atoms with Crippen LogP contribution in [0, 0.1) is 0 Å². The van der Waals surface area contributed by atoms with Crippen molar-refractivity contribution >= 4 is 16.8 Å². The summed E-state index contributed by atoms with van der Waals surface area (Å²) in [6, 6.07) is 14.1. The Morgan fingerprint density at radius 2 is 1.88 bits per heavy atom. The third-order valence-electron chi connectivity index (χ3n) is 2.55. The highest BCUT2D eigenvalue weighted by Gasteiger charge is 2.01. The molecule has 0 aliphatic heterocycles. The highest BCUT2D eigenvalue weighted by molar-refractivity contribution is 5.86. The van der Waals surface area contributed by atoms with E-state index >= 15 is 0 Å². The van der Waals surface area contributed by atoms with Crippen molar-refractivity contribution in [2.24, 2.45) is 0 Å². The number of hydrogen-bond acceptors (Lipinski definition) is 1. The van der Waals surface area contributed by atoms with E-state index in [2.05, 4.69) is 28.8 Å². The van der Waals surface area contributed by atoms with E-state index in [9.17, 15) is 4.79 Å². The van der Waals surface area contributed by atoms with Gasteiger partial charge in [-0.15, -0.1) is 0 Å². The van der Waals surface area contributed by atoms with E-state index in [1.807, 2.05) is 24.3 Å². The van der Waals surface area contributed by atoms with Crippen molar-refractivity contribution < 1.29 is 4.79 Å². The SMILES string of the molecule is CNC(=O)NCc1cccc2ccccc12. The minimum atomic E-state index is -0.159. The fraction of sp³-hybridized carbons (Fsp3) is 0.154. The van der Waals surface area contributed by atoms with E-state index < -0.39 is 0 Å².